The Morgan fingerprint density at radius 3 is 2.29 bits per heavy atom. The van der Waals surface area contributed by atoms with Gasteiger partial charge in [-0.1, -0.05) is 37.3 Å². The summed E-state index contributed by atoms with van der Waals surface area (Å²) in [5.41, 5.74) is 1.51. The lowest BCUT2D eigenvalue weighted by Crippen LogP contribution is -2.42. The van der Waals surface area contributed by atoms with Gasteiger partial charge in [0.05, 0.1) is 0 Å². The third kappa shape index (κ3) is 6.25. The van der Waals surface area contributed by atoms with Crippen LogP contribution in [0.1, 0.15) is 26.7 Å². The van der Waals surface area contributed by atoms with Crippen LogP contribution in [0.2, 0.25) is 0 Å². The first-order valence-electron chi connectivity index (χ1n) is 10.5. The predicted molar refractivity (Wildman–Crippen MR) is 131 cm³/mol. The summed E-state index contributed by atoms with van der Waals surface area (Å²) in [7, 11) is 0. The molecule has 0 aromatic heterocycles. The molecule has 0 saturated carbocycles. The van der Waals surface area contributed by atoms with Gasteiger partial charge >= 0.3 is 6.03 Å². The first-order valence-corrected chi connectivity index (χ1v) is 11.7. The Morgan fingerprint density at radius 1 is 0.935 bits per heavy atom. The zero-order valence-corrected chi connectivity index (χ0v) is 19.0. The molecule has 0 saturated heterocycles. The second kappa shape index (κ2) is 10.9. The van der Waals surface area contributed by atoms with E-state index in [1.165, 1.54) is 0 Å². The Hall–Kier alpha value is -2.99. The van der Waals surface area contributed by atoms with Crippen LogP contribution in [0.5, 0.6) is 0 Å². The van der Waals surface area contributed by atoms with E-state index in [9.17, 15) is 9.59 Å². The summed E-state index contributed by atoms with van der Waals surface area (Å²) in [6, 6.07) is 21.5. The third-order valence-corrected chi connectivity index (χ3v) is 6.08. The highest BCUT2D eigenvalue weighted by Gasteiger charge is 2.20. The van der Waals surface area contributed by atoms with Crippen molar-refractivity contribution in [3.63, 3.8) is 0 Å². The molecule has 3 amide bonds. The molecule has 0 fully saturated rings. The molecule has 0 aliphatic heterocycles. The largest absolute Gasteiger partial charge is 0.326 e. The van der Waals surface area contributed by atoms with Gasteiger partial charge in [-0.3, -0.25) is 4.79 Å². The number of nitrogens with zero attached hydrogens (tertiary/aromatic N) is 1. The first-order chi connectivity index (χ1) is 15.0. The molecule has 5 nitrogen and oxygen atoms in total. The molecule has 162 valence electrons. The molecule has 0 heterocycles. The molecule has 6 heteroatoms. The number of benzene rings is 3. The minimum Gasteiger partial charge on any atom is -0.326 e. The van der Waals surface area contributed by atoms with Crippen LogP contribution < -0.4 is 10.6 Å². The number of thioether (sulfide) groups is 1. The van der Waals surface area contributed by atoms with Crippen LogP contribution in [0, 0.1) is 0 Å². The molecule has 3 aromatic carbocycles. The van der Waals surface area contributed by atoms with Crippen LogP contribution in [-0.4, -0.2) is 35.7 Å². The van der Waals surface area contributed by atoms with E-state index in [1.54, 1.807) is 16.7 Å². The normalized spacial score (nSPS) is 11.7. The van der Waals surface area contributed by atoms with Gasteiger partial charge in [0.25, 0.3) is 0 Å². The maximum absolute atomic E-state index is 12.9. The van der Waals surface area contributed by atoms with Crippen LogP contribution in [0.25, 0.3) is 10.8 Å². The van der Waals surface area contributed by atoms with Gasteiger partial charge in [0.2, 0.25) is 5.91 Å². The second-order valence-corrected chi connectivity index (χ2v) is 8.35. The highest BCUT2D eigenvalue weighted by Crippen LogP contribution is 2.20. The Bertz CT molecular complexity index is 1040. The molecule has 0 bridgehead atoms. The molecule has 3 aromatic rings. The van der Waals surface area contributed by atoms with Crippen molar-refractivity contribution in [1.29, 1.82) is 0 Å². The highest BCUT2D eigenvalue weighted by molar-refractivity contribution is 7.98. The molecule has 0 radical (unpaired) electrons. The average molecular weight is 436 g/mol. The maximum Gasteiger partial charge on any atom is 0.322 e. The summed E-state index contributed by atoms with van der Waals surface area (Å²) >= 11 is 1.66. The van der Waals surface area contributed by atoms with E-state index in [4.69, 9.17) is 0 Å². The van der Waals surface area contributed by atoms with Crippen molar-refractivity contribution in [2.24, 2.45) is 0 Å². The van der Waals surface area contributed by atoms with Crippen LogP contribution in [0.15, 0.2) is 71.6 Å². The summed E-state index contributed by atoms with van der Waals surface area (Å²) in [5, 5.41) is 8.10. The van der Waals surface area contributed by atoms with E-state index in [2.05, 4.69) is 10.6 Å². The third-order valence-electron chi connectivity index (χ3n) is 5.34. The zero-order chi connectivity index (χ0) is 22.2. The Balaban J connectivity index is 1.60. The molecule has 2 N–H and O–H groups in total. The molecule has 31 heavy (non-hydrogen) atoms. The number of carbonyl (C=O) groups excluding carboxylic acids is 2. The summed E-state index contributed by atoms with van der Waals surface area (Å²) < 4.78 is 0. The quantitative estimate of drug-likeness (QED) is 0.413. The lowest BCUT2D eigenvalue weighted by molar-refractivity contribution is -0.116. The van der Waals surface area contributed by atoms with Gasteiger partial charge in [-0.15, -0.1) is 11.8 Å². The van der Waals surface area contributed by atoms with Gasteiger partial charge < -0.3 is 15.5 Å². The molecule has 0 spiro atoms. The Labute approximate surface area is 188 Å². The smallest absolute Gasteiger partial charge is 0.322 e. The molecule has 0 aliphatic rings. The number of carbonyl (C=O) groups is 2. The van der Waals surface area contributed by atoms with Gasteiger partial charge in [-0.2, -0.15) is 0 Å². The second-order valence-electron chi connectivity index (χ2n) is 7.47. The zero-order valence-electron chi connectivity index (χ0n) is 18.2. The number of nitrogens with one attached hydrogen (secondary N) is 2. The topological polar surface area (TPSA) is 61.4 Å². The van der Waals surface area contributed by atoms with Gasteiger partial charge in [0, 0.05) is 35.3 Å². The van der Waals surface area contributed by atoms with Crippen molar-refractivity contribution < 1.29 is 9.59 Å². The number of fused-ring (bicyclic) bond motifs is 1. The van der Waals surface area contributed by atoms with E-state index in [1.807, 2.05) is 86.8 Å². The lowest BCUT2D eigenvalue weighted by atomic mass is 10.1. The molecule has 1 atom stereocenters. The van der Waals surface area contributed by atoms with E-state index < -0.39 is 0 Å². The molecule has 0 aliphatic carbocycles. The van der Waals surface area contributed by atoms with Gasteiger partial charge in [-0.05, 0) is 66.8 Å². The maximum atomic E-state index is 12.9. The number of urea groups is 1. The number of hydrogen-bond acceptors (Lipinski definition) is 3. The minimum absolute atomic E-state index is 0.0268. The van der Waals surface area contributed by atoms with Crippen molar-refractivity contribution in [2.45, 2.75) is 37.6 Å². The van der Waals surface area contributed by atoms with Gasteiger partial charge in [0.15, 0.2) is 0 Å². The summed E-state index contributed by atoms with van der Waals surface area (Å²) in [6.45, 7) is 4.38. The fourth-order valence-electron chi connectivity index (χ4n) is 3.32. The number of rotatable bonds is 8. The van der Waals surface area contributed by atoms with Crippen LogP contribution in [0.4, 0.5) is 16.2 Å². The first kappa shape index (κ1) is 22.7. The minimum atomic E-state index is -0.190. The van der Waals surface area contributed by atoms with Crippen LogP contribution >= 0.6 is 11.8 Å². The summed E-state index contributed by atoms with van der Waals surface area (Å²) in [4.78, 5) is 28.3. The fraction of sp³-hybridized carbons (Fsp3) is 0.280. The van der Waals surface area contributed by atoms with E-state index in [0.717, 1.165) is 33.5 Å². The van der Waals surface area contributed by atoms with Gasteiger partial charge in [0.1, 0.15) is 0 Å². The van der Waals surface area contributed by atoms with Crippen molar-refractivity contribution >= 4 is 45.8 Å². The van der Waals surface area contributed by atoms with Crippen LogP contribution in [0.3, 0.4) is 0 Å². The average Bonchev–Trinajstić information content (AvgIpc) is 2.79. The Morgan fingerprint density at radius 2 is 1.61 bits per heavy atom. The van der Waals surface area contributed by atoms with Crippen LogP contribution in [-0.2, 0) is 4.79 Å². The molecule has 1 unspecified atom stereocenters. The molecular weight excluding hydrogens is 406 g/mol. The monoisotopic (exact) mass is 435 g/mol. The lowest BCUT2D eigenvalue weighted by Gasteiger charge is -2.28. The standard InChI is InChI=1S/C25H29N3O2S/c1-4-18(2)28(25(30)27-21-11-13-23(31-3)14-12-21)16-15-24(29)26-22-10-9-19-7-5-6-8-20(19)17-22/h5-14,17-18H,4,15-16H2,1-3H3,(H,26,29)(H,27,30). The molecule has 3 rings (SSSR count). The number of amides is 3. The summed E-state index contributed by atoms with van der Waals surface area (Å²) in [5.74, 6) is -0.110. The van der Waals surface area contributed by atoms with Crippen molar-refractivity contribution in [2.75, 3.05) is 23.4 Å². The Kier molecular flexibility index (Phi) is 7.95. The SMILES string of the molecule is CCC(C)N(CCC(=O)Nc1ccc2ccccc2c1)C(=O)Nc1ccc(SC)cc1. The predicted octanol–water partition coefficient (Wildman–Crippen LogP) is 6.22. The van der Waals surface area contributed by atoms with Gasteiger partial charge in [-0.25, -0.2) is 4.79 Å². The summed E-state index contributed by atoms with van der Waals surface area (Å²) in [6.07, 6.45) is 3.06. The van der Waals surface area contributed by atoms with E-state index in [0.29, 0.717) is 6.54 Å². The highest BCUT2D eigenvalue weighted by atomic mass is 32.2. The van der Waals surface area contributed by atoms with E-state index >= 15 is 0 Å². The molecular formula is C25H29N3O2S. The number of anilines is 2. The van der Waals surface area contributed by atoms with Crippen molar-refractivity contribution in [1.82, 2.24) is 4.90 Å². The number of hydrogen-bond donors (Lipinski definition) is 2. The van der Waals surface area contributed by atoms with Crippen molar-refractivity contribution in [3.05, 3.63) is 66.7 Å². The van der Waals surface area contributed by atoms with Crippen molar-refractivity contribution in [3.8, 4) is 0 Å². The van der Waals surface area contributed by atoms with E-state index in [-0.39, 0.29) is 24.4 Å². The fourth-order valence-corrected chi connectivity index (χ4v) is 3.73.